The summed E-state index contributed by atoms with van der Waals surface area (Å²) in [5, 5.41) is 0. The van der Waals surface area contributed by atoms with E-state index in [9.17, 15) is 13.6 Å². The van der Waals surface area contributed by atoms with Crippen LogP contribution in [0.25, 0.3) is 0 Å². The van der Waals surface area contributed by atoms with Crippen LogP contribution in [0.15, 0.2) is 42.5 Å². The van der Waals surface area contributed by atoms with E-state index < -0.39 is 6.61 Å². The summed E-state index contributed by atoms with van der Waals surface area (Å²) in [6, 6.07) is 12.0. The van der Waals surface area contributed by atoms with Crippen LogP contribution in [0.4, 0.5) is 8.78 Å². The molecule has 2 aromatic rings. The quantitative estimate of drug-likeness (QED) is 0.711. The highest BCUT2D eigenvalue weighted by Crippen LogP contribution is 2.25. The molecule has 160 valence electrons. The van der Waals surface area contributed by atoms with E-state index in [0.29, 0.717) is 31.9 Å². The van der Waals surface area contributed by atoms with Crippen molar-refractivity contribution in [2.45, 2.75) is 38.4 Å². The van der Waals surface area contributed by atoms with Crippen molar-refractivity contribution in [1.82, 2.24) is 4.90 Å². The molecule has 0 aromatic heterocycles. The number of hydrogen-bond acceptors (Lipinski definition) is 4. The summed E-state index contributed by atoms with van der Waals surface area (Å²) in [6.45, 7) is -1.20. The molecule has 1 fully saturated rings. The molecule has 1 aliphatic carbocycles. The summed E-state index contributed by atoms with van der Waals surface area (Å²) < 4.78 is 40.6. The first-order valence-electron chi connectivity index (χ1n) is 10.3. The Morgan fingerprint density at radius 1 is 1.07 bits per heavy atom. The fourth-order valence-corrected chi connectivity index (χ4v) is 3.95. The van der Waals surface area contributed by atoms with Crippen LogP contribution in [0.1, 0.15) is 34.3 Å². The Bertz CT molecular complexity index is 872. The van der Waals surface area contributed by atoms with Crippen molar-refractivity contribution in [1.29, 1.82) is 0 Å². The molecule has 0 radical (unpaired) electrons. The zero-order valence-corrected chi connectivity index (χ0v) is 16.7. The maximum atomic E-state index is 12.8. The van der Waals surface area contributed by atoms with Gasteiger partial charge < -0.3 is 19.1 Å². The predicted octanol–water partition coefficient (Wildman–Crippen LogP) is 4.09. The van der Waals surface area contributed by atoms with Crippen molar-refractivity contribution in [2.75, 3.05) is 26.3 Å². The summed E-state index contributed by atoms with van der Waals surface area (Å²) in [6.07, 6.45) is 4.47. The number of carbonyl (C=O) groups is 1. The molecule has 2 aromatic carbocycles. The van der Waals surface area contributed by atoms with Gasteiger partial charge in [-0.2, -0.15) is 8.78 Å². The molecule has 5 nitrogen and oxygen atoms in total. The van der Waals surface area contributed by atoms with E-state index in [1.54, 1.807) is 4.90 Å². The zero-order chi connectivity index (χ0) is 20.9. The lowest BCUT2D eigenvalue weighted by atomic mass is 9.92. The van der Waals surface area contributed by atoms with Crippen LogP contribution in [0.5, 0.6) is 11.5 Å². The Labute approximate surface area is 174 Å². The highest BCUT2D eigenvalue weighted by molar-refractivity contribution is 5.94. The van der Waals surface area contributed by atoms with Gasteiger partial charge in [0.2, 0.25) is 0 Å². The molecular weight excluding hydrogens is 392 g/mol. The van der Waals surface area contributed by atoms with Gasteiger partial charge in [0.15, 0.2) is 0 Å². The van der Waals surface area contributed by atoms with Gasteiger partial charge in [0.25, 0.3) is 5.91 Å². The van der Waals surface area contributed by atoms with E-state index >= 15 is 0 Å². The van der Waals surface area contributed by atoms with Crippen molar-refractivity contribution in [3.05, 3.63) is 59.2 Å². The van der Waals surface area contributed by atoms with Crippen LogP contribution in [0.2, 0.25) is 0 Å². The van der Waals surface area contributed by atoms with E-state index in [2.05, 4.69) is 16.9 Å². The molecule has 1 atom stereocenters. The number of aryl methyl sites for hydroxylation is 2. The standard InChI is InChI=1S/C23H25F2NO4/c24-23(25)30-19-8-6-17(7-9-19)22(27)26-11-12-28-21(14-26)15-29-20-10-5-16-3-1-2-4-18(16)13-20/h5-10,13,21,23H,1-4,11-12,14-15H2. The van der Waals surface area contributed by atoms with Crippen molar-refractivity contribution >= 4 is 5.91 Å². The Hall–Kier alpha value is -2.67. The molecule has 1 saturated heterocycles. The molecule has 1 unspecified atom stereocenters. The lowest BCUT2D eigenvalue weighted by Gasteiger charge is -2.33. The molecule has 4 rings (SSSR count). The fraction of sp³-hybridized carbons (Fsp3) is 0.435. The lowest BCUT2D eigenvalue weighted by Crippen LogP contribution is -2.47. The highest BCUT2D eigenvalue weighted by Gasteiger charge is 2.26. The number of alkyl halides is 2. The number of fused-ring (bicyclic) bond motifs is 1. The summed E-state index contributed by atoms with van der Waals surface area (Å²) in [5.41, 5.74) is 3.19. The second-order valence-electron chi connectivity index (χ2n) is 7.60. The number of halogens is 2. The molecule has 0 spiro atoms. The Morgan fingerprint density at radius 3 is 2.57 bits per heavy atom. The van der Waals surface area contributed by atoms with Crippen LogP contribution < -0.4 is 9.47 Å². The summed E-state index contributed by atoms with van der Waals surface area (Å²) in [5.74, 6) is 0.692. The normalized spacial score (nSPS) is 18.8. The van der Waals surface area contributed by atoms with Gasteiger partial charge in [0.1, 0.15) is 24.2 Å². The van der Waals surface area contributed by atoms with Crippen LogP contribution >= 0.6 is 0 Å². The van der Waals surface area contributed by atoms with Gasteiger partial charge in [-0.15, -0.1) is 0 Å². The molecule has 7 heteroatoms. The van der Waals surface area contributed by atoms with Gasteiger partial charge in [0, 0.05) is 12.1 Å². The van der Waals surface area contributed by atoms with Crippen LogP contribution in [-0.2, 0) is 17.6 Å². The second kappa shape index (κ2) is 9.43. The third-order valence-corrected chi connectivity index (χ3v) is 5.51. The molecule has 0 N–H and O–H groups in total. The van der Waals surface area contributed by atoms with Gasteiger partial charge in [-0.1, -0.05) is 6.07 Å². The van der Waals surface area contributed by atoms with E-state index in [-0.39, 0.29) is 17.8 Å². The maximum absolute atomic E-state index is 12.8. The Morgan fingerprint density at radius 2 is 1.80 bits per heavy atom. The molecule has 0 saturated carbocycles. The third kappa shape index (κ3) is 5.08. The number of amides is 1. The van der Waals surface area contributed by atoms with E-state index in [1.807, 2.05) is 6.07 Å². The topological polar surface area (TPSA) is 48.0 Å². The van der Waals surface area contributed by atoms with Gasteiger partial charge in [-0.05, 0) is 73.2 Å². The van der Waals surface area contributed by atoms with E-state index in [1.165, 1.54) is 48.2 Å². The average molecular weight is 417 g/mol. The minimum absolute atomic E-state index is 0.0276. The zero-order valence-electron chi connectivity index (χ0n) is 16.7. The first kappa shape index (κ1) is 20.6. The molecule has 0 bridgehead atoms. The van der Waals surface area contributed by atoms with E-state index in [4.69, 9.17) is 9.47 Å². The largest absolute Gasteiger partial charge is 0.491 e. The number of benzene rings is 2. The molecule has 30 heavy (non-hydrogen) atoms. The van der Waals surface area contributed by atoms with Crippen molar-refractivity contribution in [3.8, 4) is 11.5 Å². The Kier molecular flexibility index (Phi) is 6.47. The molecule has 2 aliphatic rings. The maximum Gasteiger partial charge on any atom is 0.387 e. The van der Waals surface area contributed by atoms with Gasteiger partial charge in [-0.3, -0.25) is 4.79 Å². The lowest BCUT2D eigenvalue weighted by molar-refractivity contribution is -0.0498. The van der Waals surface area contributed by atoms with Crippen molar-refractivity contribution in [3.63, 3.8) is 0 Å². The highest BCUT2D eigenvalue weighted by atomic mass is 19.3. The monoisotopic (exact) mass is 417 g/mol. The van der Waals surface area contributed by atoms with Gasteiger partial charge in [0.05, 0.1) is 13.2 Å². The molecule has 1 aliphatic heterocycles. The average Bonchev–Trinajstić information content (AvgIpc) is 2.77. The van der Waals surface area contributed by atoms with E-state index in [0.717, 1.165) is 18.6 Å². The first-order valence-corrected chi connectivity index (χ1v) is 10.3. The molecule has 1 amide bonds. The van der Waals surface area contributed by atoms with Gasteiger partial charge in [-0.25, -0.2) is 0 Å². The number of carbonyl (C=O) groups excluding carboxylic acids is 1. The van der Waals surface area contributed by atoms with Crippen molar-refractivity contribution < 1.29 is 27.8 Å². The fourth-order valence-electron chi connectivity index (χ4n) is 3.95. The predicted molar refractivity (Wildman–Crippen MR) is 107 cm³/mol. The Balaban J connectivity index is 1.32. The van der Waals surface area contributed by atoms with Gasteiger partial charge >= 0.3 is 6.61 Å². The van der Waals surface area contributed by atoms with Crippen molar-refractivity contribution in [2.24, 2.45) is 0 Å². The second-order valence-corrected chi connectivity index (χ2v) is 7.60. The summed E-state index contributed by atoms with van der Waals surface area (Å²) in [4.78, 5) is 14.5. The molecular formula is C23H25F2NO4. The number of morpholine rings is 1. The minimum atomic E-state index is -2.89. The number of rotatable bonds is 6. The van der Waals surface area contributed by atoms with Crippen LogP contribution in [-0.4, -0.2) is 49.8 Å². The number of ether oxygens (including phenoxy) is 3. The smallest absolute Gasteiger partial charge is 0.387 e. The number of nitrogens with zero attached hydrogens (tertiary/aromatic N) is 1. The number of hydrogen-bond donors (Lipinski definition) is 0. The summed E-state index contributed by atoms with van der Waals surface area (Å²) >= 11 is 0. The molecule has 1 heterocycles. The van der Waals surface area contributed by atoms with Crippen LogP contribution in [0, 0.1) is 0 Å². The summed E-state index contributed by atoms with van der Waals surface area (Å²) in [7, 11) is 0. The first-order chi connectivity index (χ1) is 14.6. The third-order valence-electron chi connectivity index (χ3n) is 5.51. The minimum Gasteiger partial charge on any atom is -0.491 e. The SMILES string of the molecule is O=C(c1ccc(OC(F)F)cc1)N1CCOC(COc2ccc3c(c2)CCCC3)C1. The van der Waals surface area contributed by atoms with Crippen LogP contribution in [0.3, 0.4) is 0 Å².